The van der Waals surface area contributed by atoms with Gasteiger partial charge >= 0.3 is 0 Å². The van der Waals surface area contributed by atoms with E-state index in [1.54, 1.807) is 0 Å². The van der Waals surface area contributed by atoms with Crippen LogP contribution in [0.3, 0.4) is 0 Å². The second kappa shape index (κ2) is 11.4. The summed E-state index contributed by atoms with van der Waals surface area (Å²) in [5.74, 6) is 0. The van der Waals surface area contributed by atoms with E-state index in [1.807, 2.05) is 18.2 Å². The maximum absolute atomic E-state index is 16.7. The van der Waals surface area contributed by atoms with Crippen molar-refractivity contribution in [1.29, 1.82) is 0 Å². The molecule has 4 aliphatic rings. The minimum absolute atomic E-state index is 0.451. The summed E-state index contributed by atoms with van der Waals surface area (Å²) in [6.45, 7) is 0. The van der Waals surface area contributed by atoms with Crippen molar-refractivity contribution in [2.24, 2.45) is 0 Å². The normalized spacial score (nSPS) is 14.9. The van der Waals surface area contributed by atoms with E-state index in [0.29, 0.717) is 0 Å². The fraction of sp³-hybridized carbons (Fsp3) is 0.0357. The van der Waals surface area contributed by atoms with Gasteiger partial charge in [0.1, 0.15) is 0 Å². The van der Waals surface area contributed by atoms with Crippen molar-refractivity contribution in [2.75, 3.05) is 0 Å². The van der Waals surface area contributed by atoms with Gasteiger partial charge < -0.3 is 4.57 Å². The summed E-state index contributed by atoms with van der Waals surface area (Å²) in [5, 5.41) is 2.53. The van der Waals surface area contributed by atoms with Gasteiger partial charge in [-0.15, -0.1) is 0 Å². The predicted octanol–water partition coefficient (Wildman–Crippen LogP) is 12.0. The summed E-state index contributed by atoms with van der Waals surface area (Å²) >= 11 is 0. The number of hydrogen-bond acceptors (Lipinski definition) is 1. The molecule has 0 radical (unpaired) electrons. The molecular weight excluding hydrogens is 720 g/mol. The standard InChI is InChI=1S/C56H35OP/c57-58(36-16-2-1-3-17-36,37-30-32-53-45(34-37)43-22-8-14-28-51(43)55(53)47-24-10-4-18-39(47)40-19-5-11-25-48(40)55)38-31-33-54-46(35-38)44-23-9-15-29-52(44)56(54)49-26-12-6-20-41(49)42-21-7-13-27-50(42)56/h1-35H. The fourth-order valence-electron chi connectivity index (χ4n) is 11.7. The second-order valence-electron chi connectivity index (χ2n) is 16.2. The van der Waals surface area contributed by atoms with Crippen molar-refractivity contribution in [3.63, 3.8) is 0 Å². The molecule has 0 aliphatic heterocycles. The lowest BCUT2D eigenvalue weighted by Crippen LogP contribution is -2.28. The molecule has 9 aromatic carbocycles. The van der Waals surface area contributed by atoms with Gasteiger partial charge in [-0.05, 0) is 101 Å². The maximum atomic E-state index is 16.7. The summed E-state index contributed by atoms with van der Waals surface area (Å²) in [5.41, 5.74) is 19.2. The topological polar surface area (TPSA) is 17.1 Å². The minimum Gasteiger partial charge on any atom is -0.309 e. The molecule has 0 atom stereocenters. The molecule has 0 saturated heterocycles. The lowest BCUT2D eigenvalue weighted by Gasteiger charge is -2.31. The number of benzene rings is 9. The SMILES string of the molecule is O=P(c1ccccc1)(c1ccc2c(c1)-c1ccccc1C21c2ccccc2-c2ccccc21)c1ccc2c(c1)-c1ccccc1C21c2ccccc2-c2ccccc21. The number of hydrogen-bond donors (Lipinski definition) is 0. The molecule has 0 unspecified atom stereocenters. The summed E-state index contributed by atoms with van der Waals surface area (Å²) in [7, 11) is -3.42. The van der Waals surface area contributed by atoms with E-state index in [9.17, 15) is 0 Å². The first-order chi connectivity index (χ1) is 28.7. The summed E-state index contributed by atoms with van der Waals surface area (Å²) in [4.78, 5) is 0. The molecule has 13 rings (SSSR count). The molecule has 0 aromatic heterocycles. The lowest BCUT2D eigenvalue weighted by atomic mass is 9.70. The van der Waals surface area contributed by atoms with Gasteiger partial charge in [-0.3, -0.25) is 0 Å². The highest BCUT2D eigenvalue weighted by Gasteiger charge is 2.53. The van der Waals surface area contributed by atoms with E-state index >= 15 is 4.57 Å². The molecule has 0 N–H and O–H groups in total. The molecule has 58 heavy (non-hydrogen) atoms. The van der Waals surface area contributed by atoms with Crippen LogP contribution in [-0.2, 0) is 15.4 Å². The Labute approximate surface area is 338 Å². The molecule has 0 bridgehead atoms. The molecule has 9 aromatic rings. The molecule has 2 spiro atoms. The monoisotopic (exact) mass is 754 g/mol. The average Bonchev–Trinajstić information content (AvgIpc) is 3.98. The van der Waals surface area contributed by atoms with E-state index in [0.717, 1.165) is 27.0 Å². The van der Waals surface area contributed by atoms with E-state index < -0.39 is 18.0 Å². The van der Waals surface area contributed by atoms with Crippen molar-refractivity contribution < 1.29 is 4.57 Å². The highest BCUT2D eigenvalue weighted by Crippen LogP contribution is 2.65. The largest absolute Gasteiger partial charge is 0.309 e. The Morgan fingerprint density at radius 3 is 0.828 bits per heavy atom. The Morgan fingerprint density at radius 1 is 0.241 bits per heavy atom. The molecule has 2 heteroatoms. The Balaban J connectivity index is 1.06. The summed E-state index contributed by atoms with van der Waals surface area (Å²) in [6.07, 6.45) is 0. The van der Waals surface area contributed by atoms with Crippen LogP contribution in [0.1, 0.15) is 44.5 Å². The third-order valence-corrected chi connectivity index (χ3v) is 16.8. The van der Waals surface area contributed by atoms with Gasteiger partial charge in [0, 0.05) is 15.9 Å². The van der Waals surface area contributed by atoms with Gasteiger partial charge in [0.15, 0.2) is 7.14 Å². The van der Waals surface area contributed by atoms with Crippen molar-refractivity contribution in [3.05, 3.63) is 257 Å². The van der Waals surface area contributed by atoms with E-state index in [2.05, 4.69) is 194 Å². The molecular formula is C56H35OP. The van der Waals surface area contributed by atoms with Crippen LogP contribution in [0.15, 0.2) is 212 Å². The van der Waals surface area contributed by atoms with Gasteiger partial charge in [0.2, 0.25) is 0 Å². The van der Waals surface area contributed by atoms with Crippen LogP contribution < -0.4 is 15.9 Å². The molecule has 0 amide bonds. The smallest absolute Gasteiger partial charge is 0.171 e. The van der Waals surface area contributed by atoms with E-state index in [-0.39, 0.29) is 0 Å². The maximum Gasteiger partial charge on any atom is 0.171 e. The molecule has 4 aliphatic carbocycles. The van der Waals surface area contributed by atoms with Gasteiger partial charge in [-0.2, -0.15) is 0 Å². The third-order valence-electron chi connectivity index (χ3n) is 13.8. The van der Waals surface area contributed by atoms with Gasteiger partial charge in [-0.1, -0.05) is 200 Å². The van der Waals surface area contributed by atoms with Crippen LogP contribution in [0.25, 0.3) is 44.5 Å². The van der Waals surface area contributed by atoms with Gasteiger partial charge in [-0.25, -0.2) is 0 Å². The minimum atomic E-state index is -3.42. The van der Waals surface area contributed by atoms with Crippen molar-refractivity contribution in [1.82, 2.24) is 0 Å². The Morgan fingerprint density at radius 2 is 0.500 bits per heavy atom. The van der Waals surface area contributed by atoms with Gasteiger partial charge in [0.05, 0.1) is 10.8 Å². The Hall–Kier alpha value is -6.79. The molecule has 0 heterocycles. The zero-order chi connectivity index (χ0) is 38.2. The highest BCUT2D eigenvalue weighted by molar-refractivity contribution is 7.85. The highest BCUT2D eigenvalue weighted by atomic mass is 31.2. The van der Waals surface area contributed by atoms with Crippen LogP contribution in [0, 0.1) is 0 Å². The summed E-state index contributed by atoms with van der Waals surface area (Å²) in [6, 6.07) is 77.0. The van der Waals surface area contributed by atoms with Crippen molar-refractivity contribution in [3.8, 4) is 44.5 Å². The zero-order valence-electron chi connectivity index (χ0n) is 31.6. The van der Waals surface area contributed by atoms with Crippen LogP contribution in [0.5, 0.6) is 0 Å². The first-order valence-corrected chi connectivity index (χ1v) is 21.9. The van der Waals surface area contributed by atoms with Crippen molar-refractivity contribution >= 4 is 23.1 Å². The van der Waals surface area contributed by atoms with Crippen molar-refractivity contribution in [2.45, 2.75) is 10.8 Å². The van der Waals surface area contributed by atoms with Crippen LogP contribution in [-0.4, -0.2) is 0 Å². The molecule has 0 saturated carbocycles. The number of rotatable bonds is 3. The van der Waals surface area contributed by atoms with Crippen LogP contribution in [0.2, 0.25) is 0 Å². The Kier molecular flexibility index (Phi) is 6.36. The summed E-state index contributed by atoms with van der Waals surface area (Å²) < 4.78 is 16.7. The van der Waals surface area contributed by atoms with Crippen LogP contribution >= 0.6 is 7.14 Å². The average molecular weight is 755 g/mol. The molecule has 1 nitrogen and oxygen atoms in total. The van der Waals surface area contributed by atoms with Gasteiger partial charge in [0.25, 0.3) is 0 Å². The predicted molar refractivity (Wildman–Crippen MR) is 238 cm³/mol. The first-order valence-electron chi connectivity index (χ1n) is 20.2. The van der Waals surface area contributed by atoms with Crippen LogP contribution in [0.4, 0.5) is 0 Å². The lowest BCUT2D eigenvalue weighted by molar-refractivity contribution is 0.592. The molecule has 270 valence electrons. The molecule has 0 fully saturated rings. The number of fused-ring (bicyclic) bond motifs is 20. The van der Waals surface area contributed by atoms with E-state index in [4.69, 9.17) is 0 Å². The Bertz CT molecular complexity index is 2990. The fourth-order valence-corrected chi connectivity index (χ4v) is 14.3. The van der Waals surface area contributed by atoms with E-state index in [1.165, 1.54) is 77.9 Å². The third kappa shape index (κ3) is 3.73. The quantitative estimate of drug-likeness (QED) is 0.164. The second-order valence-corrected chi connectivity index (χ2v) is 18.9. The zero-order valence-corrected chi connectivity index (χ0v) is 32.5. The first kappa shape index (κ1) is 32.3.